The Morgan fingerprint density at radius 3 is 3.00 bits per heavy atom. The molecule has 5 N–H and O–H groups in total. The molecule has 90 valence electrons. The molecule has 0 spiro atoms. The number of nitrogens with one attached hydrogen (secondary N) is 1. The lowest BCUT2D eigenvalue weighted by Crippen LogP contribution is -2.13. The lowest BCUT2D eigenvalue weighted by atomic mass is 10.3. The number of nitrogens with zero attached hydrogens (tertiary/aromatic N) is 2. The van der Waals surface area contributed by atoms with Crippen molar-refractivity contribution in [1.82, 2.24) is 9.97 Å². The van der Waals surface area contributed by atoms with Gasteiger partial charge >= 0.3 is 0 Å². The first-order valence-electron chi connectivity index (χ1n) is 5.47. The molecule has 6 heteroatoms. The number of anilines is 2. The van der Waals surface area contributed by atoms with Gasteiger partial charge in [-0.05, 0) is 6.42 Å². The summed E-state index contributed by atoms with van der Waals surface area (Å²) in [5.74, 6) is 1.46. The Morgan fingerprint density at radius 2 is 2.31 bits per heavy atom. The van der Waals surface area contributed by atoms with Gasteiger partial charge in [0.25, 0.3) is 0 Å². The normalized spacial score (nSPS) is 10.1. The highest BCUT2D eigenvalue weighted by molar-refractivity contribution is 5.51. The average Bonchev–Trinajstić information content (AvgIpc) is 2.28. The fourth-order valence-corrected chi connectivity index (χ4v) is 1.17. The third kappa shape index (κ3) is 3.90. The molecule has 16 heavy (non-hydrogen) atoms. The van der Waals surface area contributed by atoms with Crippen molar-refractivity contribution < 1.29 is 4.74 Å². The van der Waals surface area contributed by atoms with Crippen molar-refractivity contribution in [1.29, 1.82) is 0 Å². The fraction of sp³-hybridized carbons (Fsp3) is 0.600. The second-order valence-corrected chi connectivity index (χ2v) is 3.36. The number of aromatic nitrogens is 2. The van der Waals surface area contributed by atoms with Crippen molar-refractivity contribution in [2.75, 3.05) is 30.7 Å². The second kappa shape index (κ2) is 6.84. The van der Waals surface area contributed by atoms with Gasteiger partial charge in [-0.25, -0.2) is 4.98 Å². The molecule has 0 radical (unpaired) electrons. The zero-order valence-corrected chi connectivity index (χ0v) is 9.57. The SMILES string of the molecule is CCCCNc1nc(N)ncc1OCCN. The maximum atomic E-state index is 5.52. The number of unbranched alkanes of at least 4 members (excludes halogenated alkanes) is 1. The van der Waals surface area contributed by atoms with Crippen molar-refractivity contribution in [3.8, 4) is 5.75 Å². The van der Waals surface area contributed by atoms with E-state index >= 15 is 0 Å². The van der Waals surface area contributed by atoms with Crippen LogP contribution in [0.25, 0.3) is 0 Å². The Kier molecular flexibility index (Phi) is 5.35. The summed E-state index contributed by atoms with van der Waals surface area (Å²) in [7, 11) is 0. The zero-order valence-electron chi connectivity index (χ0n) is 9.57. The minimum absolute atomic E-state index is 0.235. The summed E-state index contributed by atoms with van der Waals surface area (Å²) in [5.41, 5.74) is 10.9. The van der Waals surface area contributed by atoms with Crippen LogP contribution < -0.4 is 21.5 Å². The molecule has 0 saturated carbocycles. The molecule has 1 aromatic rings. The van der Waals surface area contributed by atoms with E-state index in [9.17, 15) is 0 Å². The van der Waals surface area contributed by atoms with Gasteiger partial charge in [-0.1, -0.05) is 13.3 Å². The molecule has 0 atom stereocenters. The molecule has 0 aliphatic heterocycles. The first-order valence-corrected chi connectivity index (χ1v) is 5.47. The minimum atomic E-state index is 0.235. The zero-order chi connectivity index (χ0) is 11.8. The van der Waals surface area contributed by atoms with Gasteiger partial charge in [0.05, 0.1) is 6.20 Å². The summed E-state index contributed by atoms with van der Waals surface area (Å²) >= 11 is 0. The average molecular weight is 225 g/mol. The lowest BCUT2D eigenvalue weighted by molar-refractivity contribution is 0.327. The van der Waals surface area contributed by atoms with E-state index in [0.29, 0.717) is 24.7 Å². The molecule has 0 bridgehead atoms. The monoisotopic (exact) mass is 225 g/mol. The number of nitrogen functional groups attached to an aromatic ring is 1. The molecule has 0 aliphatic carbocycles. The summed E-state index contributed by atoms with van der Waals surface area (Å²) in [4.78, 5) is 7.97. The maximum Gasteiger partial charge on any atom is 0.222 e. The second-order valence-electron chi connectivity index (χ2n) is 3.36. The summed E-state index contributed by atoms with van der Waals surface area (Å²) in [5, 5.41) is 3.17. The van der Waals surface area contributed by atoms with Crippen molar-refractivity contribution in [3.05, 3.63) is 6.20 Å². The predicted molar refractivity (Wildman–Crippen MR) is 64.4 cm³/mol. The first-order chi connectivity index (χ1) is 7.77. The van der Waals surface area contributed by atoms with Gasteiger partial charge < -0.3 is 21.5 Å². The summed E-state index contributed by atoms with van der Waals surface area (Å²) < 4.78 is 5.40. The van der Waals surface area contributed by atoms with Crippen molar-refractivity contribution >= 4 is 11.8 Å². The quantitative estimate of drug-likeness (QED) is 0.588. The molecule has 0 aliphatic rings. The van der Waals surface area contributed by atoms with Gasteiger partial charge in [0, 0.05) is 13.1 Å². The van der Waals surface area contributed by atoms with E-state index in [0.717, 1.165) is 19.4 Å². The molecule has 0 amide bonds. The Morgan fingerprint density at radius 1 is 1.50 bits per heavy atom. The van der Waals surface area contributed by atoms with Crippen LogP contribution in [0.3, 0.4) is 0 Å². The predicted octanol–water partition coefficient (Wildman–Crippen LogP) is 0.608. The van der Waals surface area contributed by atoms with Crippen LogP contribution in [-0.4, -0.2) is 29.7 Å². The van der Waals surface area contributed by atoms with E-state index in [1.807, 2.05) is 0 Å². The Balaban J connectivity index is 2.65. The molecular weight excluding hydrogens is 206 g/mol. The van der Waals surface area contributed by atoms with Crippen LogP contribution in [-0.2, 0) is 0 Å². The number of ether oxygens (including phenoxy) is 1. The third-order valence-corrected chi connectivity index (χ3v) is 1.97. The molecule has 0 unspecified atom stereocenters. The van der Waals surface area contributed by atoms with Crippen LogP contribution in [0.15, 0.2) is 6.20 Å². The first kappa shape index (κ1) is 12.5. The highest BCUT2D eigenvalue weighted by Crippen LogP contribution is 2.21. The number of hydrogen-bond acceptors (Lipinski definition) is 6. The van der Waals surface area contributed by atoms with Crippen LogP contribution in [0.5, 0.6) is 5.75 Å². The van der Waals surface area contributed by atoms with Crippen LogP contribution in [0.1, 0.15) is 19.8 Å². The number of hydrogen-bond donors (Lipinski definition) is 3. The van der Waals surface area contributed by atoms with Gasteiger partial charge in [0.1, 0.15) is 6.61 Å². The maximum absolute atomic E-state index is 5.52. The molecule has 1 rings (SSSR count). The highest BCUT2D eigenvalue weighted by atomic mass is 16.5. The molecule has 0 saturated heterocycles. The van der Waals surface area contributed by atoms with Crippen molar-refractivity contribution in [2.45, 2.75) is 19.8 Å². The highest BCUT2D eigenvalue weighted by Gasteiger charge is 2.06. The molecule has 1 heterocycles. The minimum Gasteiger partial charge on any atom is -0.487 e. The Bertz CT molecular complexity index is 318. The largest absolute Gasteiger partial charge is 0.487 e. The molecular formula is C10H19N5O. The van der Waals surface area contributed by atoms with Crippen LogP contribution in [0.2, 0.25) is 0 Å². The Labute approximate surface area is 95.4 Å². The van der Waals surface area contributed by atoms with E-state index in [1.54, 1.807) is 6.20 Å². The molecule has 1 aromatic heterocycles. The van der Waals surface area contributed by atoms with Gasteiger partial charge in [-0.2, -0.15) is 4.98 Å². The van der Waals surface area contributed by atoms with E-state index in [2.05, 4.69) is 22.2 Å². The van der Waals surface area contributed by atoms with E-state index in [1.165, 1.54) is 0 Å². The van der Waals surface area contributed by atoms with Crippen LogP contribution >= 0.6 is 0 Å². The third-order valence-electron chi connectivity index (χ3n) is 1.97. The summed E-state index contributed by atoms with van der Waals surface area (Å²) in [6, 6.07) is 0. The lowest BCUT2D eigenvalue weighted by Gasteiger charge is -2.11. The fourth-order valence-electron chi connectivity index (χ4n) is 1.17. The van der Waals surface area contributed by atoms with Crippen LogP contribution in [0.4, 0.5) is 11.8 Å². The van der Waals surface area contributed by atoms with Gasteiger partial charge in [-0.15, -0.1) is 0 Å². The number of rotatable bonds is 7. The molecule has 0 fully saturated rings. The van der Waals surface area contributed by atoms with Gasteiger partial charge in [-0.3, -0.25) is 0 Å². The van der Waals surface area contributed by atoms with Gasteiger partial charge in [0.15, 0.2) is 11.6 Å². The topological polar surface area (TPSA) is 99.1 Å². The molecule has 0 aromatic carbocycles. The summed E-state index contributed by atoms with van der Waals surface area (Å²) in [6.07, 6.45) is 3.75. The molecule has 6 nitrogen and oxygen atoms in total. The van der Waals surface area contributed by atoms with Gasteiger partial charge in [0.2, 0.25) is 5.95 Å². The van der Waals surface area contributed by atoms with E-state index in [4.69, 9.17) is 16.2 Å². The van der Waals surface area contributed by atoms with Crippen molar-refractivity contribution in [3.63, 3.8) is 0 Å². The summed E-state index contributed by atoms with van der Waals surface area (Å²) in [6.45, 7) is 3.86. The Hall–Kier alpha value is -1.56. The standard InChI is InChI=1S/C10H19N5O/c1-2-3-5-13-9-8(16-6-4-11)7-14-10(12)15-9/h7H,2-6,11H2,1H3,(H3,12,13,14,15). The van der Waals surface area contributed by atoms with E-state index < -0.39 is 0 Å². The smallest absolute Gasteiger partial charge is 0.222 e. The van der Waals surface area contributed by atoms with E-state index in [-0.39, 0.29) is 5.95 Å². The van der Waals surface area contributed by atoms with Crippen LogP contribution in [0, 0.1) is 0 Å². The number of nitrogens with two attached hydrogens (primary N) is 2. The van der Waals surface area contributed by atoms with Crippen molar-refractivity contribution in [2.24, 2.45) is 5.73 Å².